The van der Waals surface area contributed by atoms with E-state index >= 15 is 0 Å². The molecule has 0 saturated carbocycles. The lowest BCUT2D eigenvalue weighted by molar-refractivity contribution is 0.461. The fourth-order valence-electron chi connectivity index (χ4n) is 1.39. The van der Waals surface area contributed by atoms with Crippen molar-refractivity contribution in [1.29, 1.82) is 0 Å². The minimum Gasteiger partial charge on any atom is -0.508 e. The maximum absolute atomic E-state index is 11.0. The van der Waals surface area contributed by atoms with Crippen LogP contribution >= 0.6 is 15.9 Å². The van der Waals surface area contributed by atoms with Crippen molar-refractivity contribution in [1.82, 2.24) is 5.32 Å². The van der Waals surface area contributed by atoms with Crippen LogP contribution in [0.5, 0.6) is 5.75 Å². The molecule has 0 bridgehead atoms. The molecule has 1 aromatic carbocycles. The molecule has 5 heteroatoms. The van der Waals surface area contributed by atoms with E-state index in [1.54, 1.807) is 18.4 Å². The van der Waals surface area contributed by atoms with Crippen molar-refractivity contribution >= 4 is 26.7 Å². The fourth-order valence-corrected chi connectivity index (χ4v) is 2.62. The topological polar surface area (TPSA) is 49.3 Å². The predicted octanol–water partition coefficient (Wildman–Crippen LogP) is 2.01. The van der Waals surface area contributed by atoms with E-state index in [9.17, 15) is 9.32 Å². The molecule has 0 fully saturated rings. The summed E-state index contributed by atoms with van der Waals surface area (Å²) in [5.41, 5.74) is 0.836. The third-order valence-corrected chi connectivity index (χ3v) is 3.63. The van der Waals surface area contributed by atoms with Crippen LogP contribution in [-0.4, -0.2) is 27.4 Å². The van der Waals surface area contributed by atoms with Crippen LogP contribution in [0, 0.1) is 0 Å². The molecule has 90 valence electrons. The molecule has 1 aromatic rings. The summed E-state index contributed by atoms with van der Waals surface area (Å²) in [4.78, 5) is 0. The number of halogens is 1. The van der Waals surface area contributed by atoms with Crippen LogP contribution in [-0.2, 0) is 17.3 Å². The Morgan fingerprint density at radius 1 is 1.56 bits per heavy atom. The van der Waals surface area contributed by atoms with Crippen LogP contribution in [0.2, 0.25) is 0 Å². The molecule has 0 saturated heterocycles. The van der Waals surface area contributed by atoms with Crippen LogP contribution in [0.3, 0.4) is 0 Å². The van der Waals surface area contributed by atoms with Crippen LogP contribution in [0.15, 0.2) is 22.7 Å². The van der Waals surface area contributed by atoms with Crippen molar-refractivity contribution in [3.8, 4) is 5.75 Å². The van der Waals surface area contributed by atoms with Gasteiger partial charge in [-0.1, -0.05) is 15.9 Å². The van der Waals surface area contributed by atoms with Gasteiger partial charge >= 0.3 is 0 Å². The largest absolute Gasteiger partial charge is 0.508 e. The number of hydrogen-bond donors (Lipinski definition) is 2. The van der Waals surface area contributed by atoms with E-state index in [0.29, 0.717) is 12.3 Å². The Balaban J connectivity index is 2.54. The second-order valence-electron chi connectivity index (χ2n) is 3.79. The molecule has 1 rings (SSSR count). The van der Waals surface area contributed by atoms with E-state index in [0.717, 1.165) is 10.0 Å². The molecule has 2 unspecified atom stereocenters. The van der Waals surface area contributed by atoms with Crippen LogP contribution in [0.1, 0.15) is 12.5 Å². The van der Waals surface area contributed by atoms with Crippen molar-refractivity contribution in [2.24, 2.45) is 0 Å². The Morgan fingerprint density at radius 3 is 2.88 bits per heavy atom. The summed E-state index contributed by atoms with van der Waals surface area (Å²) in [5.74, 6) is 0.898. The molecule has 0 aromatic heterocycles. The minimum absolute atomic E-state index is 0.171. The number of rotatable bonds is 5. The Kier molecular flexibility index (Phi) is 5.44. The van der Waals surface area contributed by atoms with Gasteiger partial charge in [-0.15, -0.1) is 0 Å². The first-order chi connectivity index (χ1) is 7.49. The normalized spacial score (nSPS) is 14.7. The highest BCUT2D eigenvalue weighted by Crippen LogP contribution is 2.21. The van der Waals surface area contributed by atoms with Crippen molar-refractivity contribution in [2.75, 3.05) is 12.0 Å². The van der Waals surface area contributed by atoms with Gasteiger partial charge < -0.3 is 10.4 Å². The zero-order chi connectivity index (χ0) is 12.1. The average Bonchev–Trinajstić information content (AvgIpc) is 2.18. The molecule has 2 atom stereocenters. The number of phenols is 1. The summed E-state index contributed by atoms with van der Waals surface area (Å²) in [5, 5.41) is 12.8. The quantitative estimate of drug-likeness (QED) is 0.875. The van der Waals surface area contributed by atoms with E-state index in [2.05, 4.69) is 21.2 Å². The van der Waals surface area contributed by atoms with Gasteiger partial charge in [-0.05, 0) is 25.1 Å². The van der Waals surface area contributed by atoms with Crippen molar-refractivity contribution in [2.45, 2.75) is 19.5 Å². The summed E-state index contributed by atoms with van der Waals surface area (Å²) in [6, 6.07) is 5.50. The van der Waals surface area contributed by atoms with E-state index in [1.807, 2.05) is 13.0 Å². The second-order valence-corrected chi connectivity index (χ2v) is 6.19. The predicted molar refractivity (Wildman–Crippen MR) is 71.0 cm³/mol. The number of nitrogens with one attached hydrogen (secondary N) is 1. The number of phenolic OH excluding ortho intramolecular Hbond substituents is 1. The SMILES string of the molecule is CC(CS(C)=O)NCc1cc(Br)ccc1O. The lowest BCUT2D eigenvalue weighted by Gasteiger charge is -2.13. The number of hydrogen-bond acceptors (Lipinski definition) is 3. The average molecular weight is 306 g/mol. The maximum atomic E-state index is 11.0. The highest BCUT2D eigenvalue weighted by Gasteiger charge is 2.06. The fraction of sp³-hybridized carbons (Fsp3) is 0.455. The lowest BCUT2D eigenvalue weighted by Crippen LogP contribution is -2.30. The molecule has 0 aliphatic carbocycles. The minimum atomic E-state index is -0.798. The molecule has 0 heterocycles. The third-order valence-electron chi connectivity index (χ3n) is 2.17. The molecule has 0 aliphatic heterocycles. The van der Waals surface area contributed by atoms with E-state index in [4.69, 9.17) is 0 Å². The summed E-state index contributed by atoms with van der Waals surface area (Å²) >= 11 is 3.36. The van der Waals surface area contributed by atoms with Gasteiger partial charge in [0.1, 0.15) is 5.75 Å². The van der Waals surface area contributed by atoms with Gasteiger partial charge in [0, 0.05) is 45.4 Å². The zero-order valence-corrected chi connectivity index (χ0v) is 11.8. The van der Waals surface area contributed by atoms with Gasteiger partial charge in [0.05, 0.1) is 0 Å². The number of aromatic hydroxyl groups is 1. The van der Waals surface area contributed by atoms with Gasteiger partial charge in [-0.2, -0.15) is 0 Å². The zero-order valence-electron chi connectivity index (χ0n) is 9.37. The first-order valence-electron chi connectivity index (χ1n) is 5.00. The summed E-state index contributed by atoms with van der Waals surface area (Å²) in [7, 11) is -0.798. The van der Waals surface area contributed by atoms with E-state index in [-0.39, 0.29) is 11.8 Å². The summed E-state index contributed by atoms with van der Waals surface area (Å²) < 4.78 is 11.9. The highest BCUT2D eigenvalue weighted by molar-refractivity contribution is 9.10. The van der Waals surface area contributed by atoms with Gasteiger partial charge in [-0.25, -0.2) is 0 Å². The van der Waals surface area contributed by atoms with Gasteiger partial charge in [0.15, 0.2) is 0 Å². The summed E-state index contributed by atoms with van der Waals surface area (Å²) in [6.07, 6.45) is 1.69. The van der Waals surface area contributed by atoms with Crippen LogP contribution in [0.4, 0.5) is 0 Å². The lowest BCUT2D eigenvalue weighted by atomic mass is 10.2. The Labute approximate surface area is 107 Å². The third kappa shape index (κ3) is 4.63. The Bertz CT molecular complexity index is 384. The standard InChI is InChI=1S/C11H16BrNO2S/c1-8(7-16(2)15)13-6-9-5-10(12)3-4-11(9)14/h3-5,8,13-14H,6-7H2,1-2H3. The molecule has 0 radical (unpaired) electrons. The first-order valence-corrected chi connectivity index (χ1v) is 7.52. The molecule has 0 aliphatic rings. The molecule has 2 N–H and O–H groups in total. The van der Waals surface area contributed by atoms with Crippen molar-refractivity contribution in [3.05, 3.63) is 28.2 Å². The molecular weight excluding hydrogens is 290 g/mol. The van der Waals surface area contributed by atoms with Crippen molar-refractivity contribution in [3.63, 3.8) is 0 Å². The molecular formula is C11H16BrNO2S. The van der Waals surface area contributed by atoms with Crippen LogP contribution in [0.25, 0.3) is 0 Å². The molecule has 0 amide bonds. The monoisotopic (exact) mass is 305 g/mol. The smallest absolute Gasteiger partial charge is 0.120 e. The maximum Gasteiger partial charge on any atom is 0.120 e. The Morgan fingerprint density at radius 2 is 2.25 bits per heavy atom. The van der Waals surface area contributed by atoms with Gasteiger partial charge in [0.25, 0.3) is 0 Å². The number of benzene rings is 1. The summed E-state index contributed by atoms with van der Waals surface area (Å²) in [6.45, 7) is 2.56. The highest BCUT2D eigenvalue weighted by atomic mass is 79.9. The van der Waals surface area contributed by atoms with Crippen LogP contribution < -0.4 is 5.32 Å². The van der Waals surface area contributed by atoms with E-state index < -0.39 is 10.8 Å². The van der Waals surface area contributed by atoms with Gasteiger partial charge in [-0.3, -0.25) is 4.21 Å². The van der Waals surface area contributed by atoms with E-state index in [1.165, 1.54) is 0 Å². The first kappa shape index (κ1) is 13.7. The van der Waals surface area contributed by atoms with Crippen molar-refractivity contribution < 1.29 is 9.32 Å². The van der Waals surface area contributed by atoms with Gasteiger partial charge in [0.2, 0.25) is 0 Å². The molecule has 0 spiro atoms. The molecule has 3 nitrogen and oxygen atoms in total. The molecule has 16 heavy (non-hydrogen) atoms. The second kappa shape index (κ2) is 6.37. The Hall–Kier alpha value is -0.390.